The van der Waals surface area contributed by atoms with Gasteiger partial charge in [-0.2, -0.15) is 0 Å². The van der Waals surface area contributed by atoms with Crippen molar-refractivity contribution in [3.63, 3.8) is 0 Å². The summed E-state index contributed by atoms with van der Waals surface area (Å²) < 4.78 is 0. The summed E-state index contributed by atoms with van der Waals surface area (Å²) in [5.41, 5.74) is 2.02. The lowest BCUT2D eigenvalue weighted by atomic mass is 9.93. The number of carbonyl (C=O) groups excluding carboxylic acids is 1. The van der Waals surface area contributed by atoms with E-state index in [0.717, 1.165) is 13.0 Å². The highest BCUT2D eigenvalue weighted by Gasteiger charge is 2.34. The summed E-state index contributed by atoms with van der Waals surface area (Å²) in [6.07, 6.45) is 1.02. The molecule has 1 fully saturated rings. The minimum Gasteiger partial charge on any atom is -0.335 e. The van der Waals surface area contributed by atoms with E-state index in [2.05, 4.69) is 31.2 Å². The largest absolute Gasteiger partial charge is 0.335 e. The van der Waals surface area contributed by atoms with Crippen LogP contribution in [0.3, 0.4) is 0 Å². The highest BCUT2D eigenvalue weighted by molar-refractivity contribution is 6.30. The fraction of sp³-hybridized carbons (Fsp3) is 0.278. The second-order valence-electron chi connectivity index (χ2n) is 5.55. The Morgan fingerprint density at radius 3 is 2.43 bits per heavy atom. The van der Waals surface area contributed by atoms with Gasteiger partial charge in [-0.25, -0.2) is 0 Å². The number of amides is 1. The maximum absolute atomic E-state index is 12.6. The molecule has 0 aromatic heterocycles. The zero-order chi connectivity index (χ0) is 14.8. The maximum Gasteiger partial charge on any atom is 0.254 e. The molecule has 0 radical (unpaired) electrons. The van der Waals surface area contributed by atoms with Crippen molar-refractivity contribution in [2.45, 2.75) is 25.3 Å². The molecule has 0 aliphatic carbocycles. The van der Waals surface area contributed by atoms with Gasteiger partial charge in [0.1, 0.15) is 0 Å². The quantitative estimate of drug-likeness (QED) is 0.807. The lowest BCUT2D eigenvalue weighted by Gasteiger charge is -2.25. The van der Waals surface area contributed by atoms with Gasteiger partial charge in [-0.05, 0) is 43.2 Å². The molecule has 0 saturated carbocycles. The van der Waals surface area contributed by atoms with Gasteiger partial charge in [0.15, 0.2) is 0 Å². The summed E-state index contributed by atoms with van der Waals surface area (Å²) >= 11 is 5.88. The van der Waals surface area contributed by atoms with Crippen LogP contribution in [0, 0.1) is 0 Å². The highest BCUT2D eigenvalue weighted by Crippen LogP contribution is 2.34. The van der Waals surface area contributed by atoms with Gasteiger partial charge in [-0.1, -0.05) is 41.9 Å². The predicted molar refractivity (Wildman–Crippen MR) is 85.8 cm³/mol. The molecule has 1 aliphatic rings. The summed E-state index contributed by atoms with van der Waals surface area (Å²) in [7, 11) is 0. The minimum atomic E-state index is 0.0950. The topological polar surface area (TPSA) is 20.3 Å². The van der Waals surface area contributed by atoms with Crippen LogP contribution in [-0.2, 0) is 0 Å². The Morgan fingerprint density at radius 2 is 1.76 bits per heavy atom. The zero-order valence-electron chi connectivity index (χ0n) is 12.0. The fourth-order valence-electron chi connectivity index (χ4n) is 3.13. The van der Waals surface area contributed by atoms with Gasteiger partial charge in [-0.3, -0.25) is 4.79 Å². The zero-order valence-corrected chi connectivity index (χ0v) is 12.8. The molecule has 21 heavy (non-hydrogen) atoms. The molecule has 2 nitrogen and oxygen atoms in total. The summed E-state index contributed by atoms with van der Waals surface area (Å²) in [5.74, 6) is 0.514. The van der Waals surface area contributed by atoms with Crippen molar-refractivity contribution in [1.29, 1.82) is 0 Å². The summed E-state index contributed by atoms with van der Waals surface area (Å²) in [4.78, 5) is 14.6. The average Bonchev–Trinajstić information content (AvgIpc) is 2.90. The SMILES string of the molecule is C[C@@H]1[C@@H](c2ccccc2)CCN1C(=O)c1ccc(Cl)cc1. The first-order valence-corrected chi connectivity index (χ1v) is 7.66. The average molecular weight is 300 g/mol. The molecule has 1 aliphatic heterocycles. The number of hydrogen-bond acceptors (Lipinski definition) is 1. The van der Waals surface area contributed by atoms with Crippen molar-refractivity contribution >= 4 is 17.5 Å². The molecule has 0 spiro atoms. The third-order valence-electron chi connectivity index (χ3n) is 4.33. The van der Waals surface area contributed by atoms with Crippen LogP contribution >= 0.6 is 11.6 Å². The van der Waals surface area contributed by atoms with Gasteiger partial charge < -0.3 is 4.90 Å². The lowest BCUT2D eigenvalue weighted by Crippen LogP contribution is -2.35. The van der Waals surface area contributed by atoms with E-state index < -0.39 is 0 Å². The van der Waals surface area contributed by atoms with Crippen molar-refractivity contribution in [1.82, 2.24) is 4.90 Å². The number of carbonyl (C=O) groups is 1. The molecular weight excluding hydrogens is 282 g/mol. The standard InChI is InChI=1S/C18H18ClNO/c1-13-17(14-5-3-2-4-6-14)11-12-20(13)18(21)15-7-9-16(19)10-8-15/h2-10,13,17H,11-12H2,1H3/t13-,17+/m1/s1. The number of nitrogens with zero attached hydrogens (tertiary/aromatic N) is 1. The Kier molecular flexibility index (Phi) is 3.98. The Hall–Kier alpha value is -1.80. The molecule has 3 rings (SSSR count). The Balaban J connectivity index is 1.79. The third-order valence-corrected chi connectivity index (χ3v) is 4.59. The first-order chi connectivity index (χ1) is 10.2. The van der Waals surface area contributed by atoms with E-state index in [1.807, 2.05) is 11.0 Å². The number of benzene rings is 2. The van der Waals surface area contributed by atoms with Crippen molar-refractivity contribution in [3.05, 3.63) is 70.7 Å². The van der Waals surface area contributed by atoms with E-state index in [4.69, 9.17) is 11.6 Å². The van der Waals surface area contributed by atoms with E-state index in [1.54, 1.807) is 24.3 Å². The molecule has 0 bridgehead atoms. The van der Waals surface area contributed by atoms with Crippen LogP contribution in [0.1, 0.15) is 35.2 Å². The molecule has 2 aromatic rings. The summed E-state index contributed by atoms with van der Waals surface area (Å²) in [6, 6.07) is 17.8. The van der Waals surface area contributed by atoms with Gasteiger partial charge in [-0.15, -0.1) is 0 Å². The van der Waals surface area contributed by atoms with Crippen LogP contribution in [0.2, 0.25) is 5.02 Å². The molecule has 0 N–H and O–H groups in total. The maximum atomic E-state index is 12.6. The van der Waals surface area contributed by atoms with Crippen molar-refractivity contribution < 1.29 is 4.79 Å². The van der Waals surface area contributed by atoms with Crippen LogP contribution in [-0.4, -0.2) is 23.4 Å². The Morgan fingerprint density at radius 1 is 1.10 bits per heavy atom. The number of rotatable bonds is 2. The third kappa shape index (κ3) is 2.81. The Bertz CT molecular complexity index is 623. The van der Waals surface area contributed by atoms with Crippen molar-refractivity contribution in [3.8, 4) is 0 Å². The highest BCUT2D eigenvalue weighted by atomic mass is 35.5. The molecule has 108 valence electrons. The van der Waals surface area contributed by atoms with E-state index in [9.17, 15) is 4.79 Å². The van der Waals surface area contributed by atoms with E-state index in [-0.39, 0.29) is 11.9 Å². The monoisotopic (exact) mass is 299 g/mol. The molecule has 0 unspecified atom stereocenters. The number of hydrogen-bond donors (Lipinski definition) is 0. The Labute approximate surface area is 130 Å². The number of likely N-dealkylation sites (tertiary alicyclic amines) is 1. The molecule has 2 atom stereocenters. The first kappa shape index (κ1) is 14.2. The van der Waals surface area contributed by atoms with Gasteiger partial charge in [0, 0.05) is 29.1 Å². The predicted octanol–water partition coefficient (Wildman–Crippen LogP) is 4.36. The van der Waals surface area contributed by atoms with E-state index >= 15 is 0 Å². The van der Waals surface area contributed by atoms with E-state index in [0.29, 0.717) is 16.5 Å². The van der Waals surface area contributed by atoms with Crippen molar-refractivity contribution in [2.75, 3.05) is 6.54 Å². The second kappa shape index (κ2) is 5.90. The normalized spacial score (nSPS) is 21.5. The first-order valence-electron chi connectivity index (χ1n) is 7.28. The van der Waals surface area contributed by atoms with Crippen molar-refractivity contribution in [2.24, 2.45) is 0 Å². The summed E-state index contributed by atoms with van der Waals surface area (Å²) in [5, 5.41) is 0.656. The van der Waals surface area contributed by atoms with Crippen LogP contribution < -0.4 is 0 Å². The summed E-state index contributed by atoms with van der Waals surface area (Å²) in [6.45, 7) is 2.95. The lowest BCUT2D eigenvalue weighted by molar-refractivity contribution is 0.0742. The second-order valence-corrected chi connectivity index (χ2v) is 5.99. The van der Waals surface area contributed by atoms with Gasteiger partial charge in [0.2, 0.25) is 0 Å². The van der Waals surface area contributed by atoms with Crippen LogP contribution in [0.4, 0.5) is 0 Å². The van der Waals surface area contributed by atoms with Gasteiger partial charge in [0.05, 0.1) is 0 Å². The van der Waals surface area contributed by atoms with E-state index in [1.165, 1.54) is 5.56 Å². The van der Waals surface area contributed by atoms with Gasteiger partial charge >= 0.3 is 0 Å². The van der Waals surface area contributed by atoms with Crippen LogP contribution in [0.5, 0.6) is 0 Å². The minimum absolute atomic E-state index is 0.0950. The molecular formula is C18H18ClNO. The molecule has 1 saturated heterocycles. The molecule has 1 heterocycles. The molecule has 3 heteroatoms. The van der Waals surface area contributed by atoms with Gasteiger partial charge in [0.25, 0.3) is 5.91 Å². The fourth-order valence-corrected chi connectivity index (χ4v) is 3.26. The van der Waals surface area contributed by atoms with Crippen LogP contribution in [0.15, 0.2) is 54.6 Å². The smallest absolute Gasteiger partial charge is 0.254 e. The van der Waals surface area contributed by atoms with Crippen LogP contribution in [0.25, 0.3) is 0 Å². The number of halogens is 1. The molecule has 1 amide bonds. The molecule has 2 aromatic carbocycles.